The van der Waals surface area contributed by atoms with Gasteiger partial charge < -0.3 is 15.0 Å². The van der Waals surface area contributed by atoms with E-state index in [1.807, 2.05) is 44.2 Å². The minimum atomic E-state index is -4.02. The largest absolute Gasteiger partial charge is 0.464 e. The summed E-state index contributed by atoms with van der Waals surface area (Å²) < 4.78 is 32.8. The Bertz CT molecular complexity index is 1380. The van der Waals surface area contributed by atoms with Gasteiger partial charge in [0.1, 0.15) is 17.6 Å². The zero-order valence-electron chi connectivity index (χ0n) is 21.6. The fourth-order valence-corrected chi connectivity index (χ4v) is 7.08. The SMILES string of the molecule is CC(C)COC(=O)[C@H](C)NP(=O)(OC[C@@H]1CC[C@H](n2ccc(N)nc2=O)S1)Oc1cccc2ccccc12. The van der Waals surface area contributed by atoms with Crippen molar-refractivity contribution in [3.8, 4) is 5.75 Å². The lowest BCUT2D eigenvalue weighted by Gasteiger charge is -2.24. The van der Waals surface area contributed by atoms with Gasteiger partial charge >= 0.3 is 19.4 Å². The third-order valence-corrected chi connectivity index (χ3v) is 9.07. The molecule has 204 valence electrons. The van der Waals surface area contributed by atoms with Gasteiger partial charge in [0.15, 0.2) is 0 Å². The average Bonchev–Trinajstić information content (AvgIpc) is 3.35. The van der Waals surface area contributed by atoms with Gasteiger partial charge in [-0.15, -0.1) is 11.8 Å². The summed E-state index contributed by atoms with van der Waals surface area (Å²) in [7, 11) is -4.02. The molecule has 0 aliphatic carbocycles. The first-order valence-electron chi connectivity index (χ1n) is 12.5. The average molecular weight is 561 g/mol. The molecular weight excluding hydrogens is 527 g/mol. The first-order chi connectivity index (χ1) is 18.1. The van der Waals surface area contributed by atoms with E-state index < -0.39 is 25.4 Å². The van der Waals surface area contributed by atoms with E-state index in [9.17, 15) is 14.2 Å². The summed E-state index contributed by atoms with van der Waals surface area (Å²) in [4.78, 5) is 28.6. The summed E-state index contributed by atoms with van der Waals surface area (Å²) in [6.45, 7) is 5.76. The molecule has 1 aliphatic heterocycles. The fraction of sp³-hybridized carbons (Fsp3) is 0.423. The number of nitrogens with zero attached hydrogens (tertiary/aromatic N) is 2. The molecule has 0 radical (unpaired) electrons. The second-order valence-electron chi connectivity index (χ2n) is 9.57. The molecule has 12 heteroatoms. The van der Waals surface area contributed by atoms with E-state index in [0.717, 1.165) is 17.2 Å². The molecule has 3 aromatic rings. The van der Waals surface area contributed by atoms with Crippen molar-refractivity contribution in [2.45, 2.75) is 50.3 Å². The minimum Gasteiger partial charge on any atom is -0.464 e. The number of nitrogens with one attached hydrogen (secondary N) is 1. The Morgan fingerprint density at radius 3 is 2.71 bits per heavy atom. The van der Waals surface area contributed by atoms with Crippen LogP contribution in [0, 0.1) is 5.92 Å². The molecule has 1 unspecified atom stereocenters. The Labute approximate surface area is 225 Å². The lowest BCUT2D eigenvalue weighted by atomic mass is 10.1. The number of carbonyl (C=O) groups excluding carboxylic acids is 1. The summed E-state index contributed by atoms with van der Waals surface area (Å²) in [5.74, 6) is 0.165. The second-order valence-corrected chi connectivity index (χ2v) is 12.7. The molecule has 4 atom stereocenters. The first kappa shape index (κ1) is 28.2. The highest BCUT2D eigenvalue weighted by molar-refractivity contribution is 8.00. The van der Waals surface area contributed by atoms with Crippen molar-refractivity contribution in [2.24, 2.45) is 5.92 Å². The maximum atomic E-state index is 14.0. The minimum absolute atomic E-state index is 0.0566. The van der Waals surface area contributed by atoms with E-state index in [2.05, 4.69) is 10.1 Å². The van der Waals surface area contributed by atoms with Crippen molar-refractivity contribution in [3.05, 3.63) is 65.2 Å². The number of carbonyl (C=O) groups is 1. The normalized spacial score (nSPS) is 19.8. The molecule has 0 spiro atoms. The lowest BCUT2D eigenvalue weighted by molar-refractivity contribution is -0.146. The van der Waals surface area contributed by atoms with Gasteiger partial charge in [-0.1, -0.05) is 50.2 Å². The Morgan fingerprint density at radius 2 is 1.95 bits per heavy atom. The molecule has 3 N–H and O–H groups in total. The number of ether oxygens (including phenoxy) is 1. The number of nitrogen functional groups attached to an aromatic ring is 1. The maximum Gasteiger partial charge on any atom is 0.459 e. The van der Waals surface area contributed by atoms with Gasteiger partial charge in [0.2, 0.25) is 0 Å². The molecule has 38 heavy (non-hydrogen) atoms. The van der Waals surface area contributed by atoms with Crippen molar-refractivity contribution >= 4 is 42.1 Å². The third kappa shape index (κ3) is 7.17. The summed E-state index contributed by atoms with van der Waals surface area (Å²) in [6.07, 6.45) is 3.07. The first-order valence-corrected chi connectivity index (χ1v) is 15.0. The van der Waals surface area contributed by atoms with E-state index in [4.69, 9.17) is 19.5 Å². The molecule has 1 saturated heterocycles. The second kappa shape index (κ2) is 12.3. The van der Waals surface area contributed by atoms with Crippen LogP contribution in [0.3, 0.4) is 0 Å². The molecule has 4 rings (SSSR count). The monoisotopic (exact) mass is 560 g/mol. The summed E-state index contributed by atoms with van der Waals surface area (Å²) in [5.41, 5.74) is 5.19. The number of esters is 1. The number of hydrogen-bond donors (Lipinski definition) is 2. The van der Waals surface area contributed by atoms with Gasteiger partial charge in [-0.2, -0.15) is 10.1 Å². The van der Waals surface area contributed by atoms with Crippen LogP contribution in [0.1, 0.15) is 39.0 Å². The van der Waals surface area contributed by atoms with Gasteiger partial charge in [0, 0.05) is 16.8 Å². The molecule has 2 heterocycles. The van der Waals surface area contributed by atoms with Gasteiger partial charge in [0.25, 0.3) is 0 Å². The highest BCUT2D eigenvalue weighted by Gasteiger charge is 2.36. The Kier molecular flexibility index (Phi) is 9.15. The van der Waals surface area contributed by atoms with Gasteiger partial charge in [-0.25, -0.2) is 9.36 Å². The number of fused-ring (bicyclic) bond motifs is 1. The van der Waals surface area contributed by atoms with Crippen LogP contribution in [0.2, 0.25) is 0 Å². The van der Waals surface area contributed by atoms with Crippen LogP contribution in [0.4, 0.5) is 5.82 Å². The van der Waals surface area contributed by atoms with Crippen LogP contribution in [-0.2, 0) is 18.6 Å². The summed E-state index contributed by atoms with van der Waals surface area (Å²) in [6, 6.07) is 13.7. The Morgan fingerprint density at radius 1 is 1.18 bits per heavy atom. The predicted octanol–water partition coefficient (Wildman–Crippen LogP) is 4.75. The zero-order chi connectivity index (χ0) is 27.3. The number of anilines is 1. The highest BCUT2D eigenvalue weighted by Crippen LogP contribution is 2.49. The molecule has 2 aromatic carbocycles. The molecule has 1 aromatic heterocycles. The molecule has 0 amide bonds. The third-order valence-electron chi connectivity index (χ3n) is 5.91. The summed E-state index contributed by atoms with van der Waals surface area (Å²) in [5, 5.41) is 4.24. The molecule has 10 nitrogen and oxygen atoms in total. The number of aromatic nitrogens is 2. The van der Waals surface area contributed by atoms with Crippen molar-refractivity contribution in [2.75, 3.05) is 18.9 Å². The number of benzene rings is 2. The van der Waals surface area contributed by atoms with Crippen LogP contribution in [0.5, 0.6) is 5.75 Å². The molecule has 0 saturated carbocycles. The van der Waals surface area contributed by atoms with Crippen LogP contribution in [0.15, 0.2) is 59.5 Å². The lowest BCUT2D eigenvalue weighted by Crippen LogP contribution is -2.36. The van der Waals surface area contributed by atoms with Crippen LogP contribution < -0.4 is 21.0 Å². The van der Waals surface area contributed by atoms with E-state index in [0.29, 0.717) is 12.2 Å². The number of hydrogen-bond acceptors (Lipinski definition) is 9. The topological polar surface area (TPSA) is 135 Å². The molecule has 1 aliphatic rings. The molecule has 0 bridgehead atoms. The Balaban J connectivity index is 1.49. The van der Waals surface area contributed by atoms with Crippen molar-refractivity contribution in [1.29, 1.82) is 0 Å². The van der Waals surface area contributed by atoms with E-state index in [-0.39, 0.29) is 35.6 Å². The highest BCUT2D eigenvalue weighted by atomic mass is 32.2. The van der Waals surface area contributed by atoms with Crippen LogP contribution in [0.25, 0.3) is 10.8 Å². The van der Waals surface area contributed by atoms with E-state index in [1.54, 1.807) is 31.3 Å². The number of nitrogens with two attached hydrogens (primary N) is 1. The van der Waals surface area contributed by atoms with Crippen LogP contribution in [-0.4, -0.2) is 40.0 Å². The van der Waals surface area contributed by atoms with Crippen molar-refractivity contribution < 1.29 is 23.1 Å². The van der Waals surface area contributed by atoms with Crippen molar-refractivity contribution in [1.82, 2.24) is 14.6 Å². The predicted molar refractivity (Wildman–Crippen MR) is 149 cm³/mol. The summed E-state index contributed by atoms with van der Waals surface area (Å²) >= 11 is 1.53. The Hall–Kier alpha value is -2.85. The quantitative estimate of drug-likeness (QED) is 0.250. The van der Waals surface area contributed by atoms with E-state index in [1.165, 1.54) is 16.3 Å². The van der Waals surface area contributed by atoms with Gasteiger partial charge in [0.05, 0.1) is 18.6 Å². The maximum absolute atomic E-state index is 14.0. The van der Waals surface area contributed by atoms with Crippen molar-refractivity contribution in [3.63, 3.8) is 0 Å². The molecular formula is C26H33N4O6PS. The van der Waals surface area contributed by atoms with Gasteiger partial charge in [-0.05, 0) is 43.2 Å². The molecule has 1 fully saturated rings. The number of rotatable bonds is 11. The smallest absolute Gasteiger partial charge is 0.459 e. The zero-order valence-corrected chi connectivity index (χ0v) is 23.3. The fourth-order valence-electron chi connectivity index (χ4n) is 4.00. The number of thioether (sulfide) groups is 1. The standard InChI is InChI=1S/C26H33N4O6PS/c1-17(2)15-34-25(31)18(3)29-37(33,36-22-10-6-8-19-7-4-5-9-21(19)22)35-16-20-11-12-24(38-20)30-14-13-23(27)28-26(30)32/h4-10,13-14,17-18,20,24H,11-12,15-16H2,1-3H3,(H,29,33)(H2,27,28,32)/t18-,20-,24+,37?/m0/s1. The van der Waals surface area contributed by atoms with E-state index >= 15 is 0 Å². The van der Waals surface area contributed by atoms with Gasteiger partial charge in [-0.3, -0.25) is 13.9 Å². The van der Waals surface area contributed by atoms with Crippen LogP contribution >= 0.6 is 19.5 Å².